The summed E-state index contributed by atoms with van der Waals surface area (Å²) in [5, 5.41) is -0.582. The Morgan fingerprint density at radius 1 is 1.11 bits per heavy atom. The average Bonchev–Trinajstić information content (AvgIpc) is 2.38. The number of rotatable bonds is 5. The van der Waals surface area contributed by atoms with Crippen LogP contribution in [0.15, 0.2) is 30.3 Å². The van der Waals surface area contributed by atoms with Gasteiger partial charge < -0.3 is 0 Å². The van der Waals surface area contributed by atoms with Gasteiger partial charge in [-0.1, -0.05) is 44.2 Å². The van der Waals surface area contributed by atoms with Crippen LogP contribution in [0.3, 0.4) is 0 Å². The van der Waals surface area contributed by atoms with Crippen LogP contribution in [0, 0.1) is 0 Å². The van der Waals surface area contributed by atoms with Gasteiger partial charge in [0.15, 0.2) is 5.92 Å². The molecule has 7 heteroatoms. The first-order chi connectivity index (χ1) is 8.79. The first-order valence-corrected chi connectivity index (χ1v) is 7.93. The van der Waals surface area contributed by atoms with Crippen LogP contribution in [0.25, 0.3) is 0 Å². The number of hydrogen-bond donors (Lipinski definition) is 0. The Hall–Kier alpha value is -0.953. The molecule has 0 bridgehead atoms. The van der Waals surface area contributed by atoms with Gasteiger partial charge in [0.2, 0.25) is 0 Å². The largest absolute Gasteiger partial charge is 0.443 e. The minimum absolute atomic E-state index is 0.0270. The van der Waals surface area contributed by atoms with Gasteiger partial charge in [-0.3, -0.25) is 9.01 Å². The molecule has 0 saturated carbocycles. The molecule has 0 aliphatic rings. The standard InChI is InChI=1S/C12H16F5NSi/c1-3-18(4-2)11(13)19(17,12(14,15)16)10-8-6-5-7-9-10/h5-9,11H,3-4H2,1-2H3/t11-,19?/m0/s1. The Bertz CT molecular complexity index is 393. The van der Waals surface area contributed by atoms with E-state index in [-0.39, 0.29) is 13.1 Å². The summed E-state index contributed by atoms with van der Waals surface area (Å²) in [4.78, 5) is 0.868. The Morgan fingerprint density at radius 3 is 1.95 bits per heavy atom. The first kappa shape index (κ1) is 16.1. The van der Waals surface area contributed by atoms with Gasteiger partial charge >= 0.3 is 14.2 Å². The van der Waals surface area contributed by atoms with Crippen molar-refractivity contribution in [2.24, 2.45) is 0 Å². The molecule has 0 heterocycles. The van der Waals surface area contributed by atoms with Crippen LogP contribution in [-0.4, -0.2) is 38.1 Å². The van der Waals surface area contributed by atoms with E-state index in [0.29, 0.717) is 0 Å². The maximum absolute atomic E-state index is 14.6. The lowest BCUT2D eigenvalue weighted by atomic mass is 10.4. The topological polar surface area (TPSA) is 3.24 Å². The summed E-state index contributed by atoms with van der Waals surface area (Å²) in [6.07, 6.45) is 0. The van der Waals surface area contributed by atoms with Crippen LogP contribution < -0.4 is 5.19 Å². The molecule has 2 atom stereocenters. The SMILES string of the molecule is CCN(CC)[C@H](F)[Si](F)(c1ccccc1)C(F)(F)F. The second kappa shape index (κ2) is 6.00. The van der Waals surface area contributed by atoms with Crippen molar-refractivity contribution in [3.8, 4) is 0 Å². The average molecular weight is 297 g/mol. The summed E-state index contributed by atoms with van der Waals surface area (Å²) < 4.78 is 68.1. The molecule has 0 amide bonds. The van der Waals surface area contributed by atoms with Gasteiger partial charge in [-0.25, -0.2) is 4.39 Å². The monoisotopic (exact) mass is 297 g/mol. The highest BCUT2D eigenvalue weighted by Crippen LogP contribution is 2.35. The molecule has 1 nitrogen and oxygen atoms in total. The summed E-state index contributed by atoms with van der Waals surface area (Å²) in [6.45, 7) is 3.07. The van der Waals surface area contributed by atoms with Crippen molar-refractivity contribution < 1.29 is 21.7 Å². The molecule has 1 unspecified atom stereocenters. The number of nitrogens with zero attached hydrogens (tertiary/aromatic N) is 1. The Labute approximate surface area is 110 Å². The summed E-state index contributed by atoms with van der Waals surface area (Å²) in [5.41, 5.74) is 0. The van der Waals surface area contributed by atoms with Gasteiger partial charge in [-0.05, 0) is 18.3 Å². The molecule has 0 saturated heterocycles. The first-order valence-electron chi connectivity index (χ1n) is 5.98. The Balaban J connectivity index is 3.29. The summed E-state index contributed by atoms with van der Waals surface area (Å²) in [5.74, 6) is -7.82. The lowest BCUT2D eigenvalue weighted by Gasteiger charge is -2.34. The smallest absolute Gasteiger partial charge is 0.292 e. The van der Waals surface area contributed by atoms with Crippen molar-refractivity contribution >= 4 is 13.6 Å². The maximum Gasteiger partial charge on any atom is 0.443 e. The molecule has 1 aromatic carbocycles. The maximum atomic E-state index is 14.6. The second-order valence-corrected chi connectivity index (χ2v) is 7.18. The zero-order valence-corrected chi connectivity index (χ0v) is 11.7. The minimum atomic E-state index is -5.78. The fraction of sp³-hybridized carbons (Fsp3) is 0.500. The zero-order valence-electron chi connectivity index (χ0n) is 10.7. The number of benzene rings is 1. The van der Waals surface area contributed by atoms with Crippen LogP contribution in [0.4, 0.5) is 21.7 Å². The van der Waals surface area contributed by atoms with Crippen LogP contribution >= 0.6 is 0 Å². The highest BCUT2D eigenvalue weighted by Gasteiger charge is 2.68. The van der Waals surface area contributed by atoms with E-state index < -0.39 is 25.3 Å². The van der Waals surface area contributed by atoms with E-state index in [1.54, 1.807) is 0 Å². The van der Waals surface area contributed by atoms with E-state index in [0.717, 1.165) is 17.0 Å². The minimum Gasteiger partial charge on any atom is -0.292 e. The second-order valence-electron chi connectivity index (χ2n) is 4.13. The fourth-order valence-electron chi connectivity index (χ4n) is 1.91. The Morgan fingerprint density at radius 2 is 1.58 bits per heavy atom. The number of hydrogen-bond acceptors (Lipinski definition) is 1. The highest BCUT2D eigenvalue weighted by molar-refractivity contribution is 6.88. The normalized spacial score (nSPS) is 17.3. The van der Waals surface area contributed by atoms with E-state index in [9.17, 15) is 21.7 Å². The lowest BCUT2D eigenvalue weighted by Crippen LogP contribution is -2.68. The van der Waals surface area contributed by atoms with E-state index in [1.807, 2.05) is 0 Å². The summed E-state index contributed by atoms with van der Waals surface area (Å²) in [6, 6.07) is 6.07. The molecule has 108 valence electrons. The van der Waals surface area contributed by atoms with Crippen molar-refractivity contribution in [2.45, 2.75) is 25.6 Å². The molecule has 0 aromatic heterocycles. The van der Waals surface area contributed by atoms with E-state index in [4.69, 9.17) is 0 Å². The number of halogens is 5. The van der Waals surface area contributed by atoms with Crippen molar-refractivity contribution in [1.29, 1.82) is 0 Å². The lowest BCUT2D eigenvalue weighted by molar-refractivity contribution is -0.0723. The third kappa shape index (κ3) is 2.97. The molecule has 19 heavy (non-hydrogen) atoms. The van der Waals surface area contributed by atoms with Crippen molar-refractivity contribution in [1.82, 2.24) is 4.90 Å². The molecular weight excluding hydrogens is 281 g/mol. The van der Waals surface area contributed by atoms with E-state index >= 15 is 0 Å². The predicted octanol–water partition coefficient (Wildman–Crippen LogP) is 3.09. The van der Waals surface area contributed by atoms with Gasteiger partial charge in [0.25, 0.3) is 0 Å². The van der Waals surface area contributed by atoms with E-state index in [2.05, 4.69) is 0 Å². The molecule has 1 rings (SSSR count). The van der Waals surface area contributed by atoms with Crippen molar-refractivity contribution in [3.05, 3.63) is 30.3 Å². The quantitative estimate of drug-likeness (QED) is 0.349. The molecule has 0 fully saturated rings. The summed E-state index contributed by atoms with van der Waals surface area (Å²) in [7, 11) is -5.78. The van der Waals surface area contributed by atoms with Gasteiger partial charge in [0.1, 0.15) is 0 Å². The van der Waals surface area contributed by atoms with Gasteiger partial charge in [0.05, 0.1) is 0 Å². The third-order valence-electron chi connectivity index (χ3n) is 3.07. The van der Waals surface area contributed by atoms with Crippen LogP contribution in [-0.2, 0) is 0 Å². The predicted molar refractivity (Wildman–Crippen MR) is 66.8 cm³/mol. The molecule has 0 radical (unpaired) electrons. The van der Waals surface area contributed by atoms with Crippen molar-refractivity contribution in [3.63, 3.8) is 0 Å². The van der Waals surface area contributed by atoms with Gasteiger partial charge in [0, 0.05) is 0 Å². The zero-order chi connectivity index (χ0) is 14.7. The van der Waals surface area contributed by atoms with Crippen LogP contribution in [0.5, 0.6) is 0 Å². The molecule has 0 spiro atoms. The highest BCUT2D eigenvalue weighted by atomic mass is 28.4. The summed E-state index contributed by atoms with van der Waals surface area (Å²) >= 11 is 0. The molecule has 0 N–H and O–H groups in total. The Kier molecular flexibility index (Phi) is 5.09. The third-order valence-corrected chi connectivity index (χ3v) is 6.09. The van der Waals surface area contributed by atoms with Crippen LogP contribution in [0.2, 0.25) is 0 Å². The number of alkyl halides is 4. The molecule has 1 aromatic rings. The molecule has 0 aliphatic heterocycles. The molecular formula is C12H16F5NSi. The van der Waals surface area contributed by atoms with E-state index in [1.165, 1.54) is 32.0 Å². The van der Waals surface area contributed by atoms with Gasteiger partial charge in [-0.2, -0.15) is 13.2 Å². The van der Waals surface area contributed by atoms with Crippen LogP contribution in [0.1, 0.15) is 13.8 Å². The van der Waals surface area contributed by atoms with Crippen molar-refractivity contribution in [2.75, 3.05) is 13.1 Å². The van der Waals surface area contributed by atoms with Gasteiger partial charge in [-0.15, -0.1) is 0 Å². The fourth-order valence-corrected chi connectivity index (χ4v) is 4.33. The molecule has 0 aliphatic carbocycles.